The molecular formula is C11H14N2O3S. The number of Topliss-reactive ketones (excluding diaryl/α,β-unsaturated/α-hetero) is 1. The monoisotopic (exact) mass is 254 g/mol. The summed E-state index contributed by atoms with van der Waals surface area (Å²) < 4.78 is 0. The molecule has 0 aromatic rings. The summed E-state index contributed by atoms with van der Waals surface area (Å²) in [5.74, 6) is -2.39. The normalized spacial score (nSPS) is 28.4. The number of fused-ring (bicyclic) bond motifs is 1. The summed E-state index contributed by atoms with van der Waals surface area (Å²) in [6, 6.07) is -0.0588. The van der Waals surface area contributed by atoms with Crippen LogP contribution in [0.2, 0.25) is 0 Å². The summed E-state index contributed by atoms with van der Waals surface area (Å²) in [6.07, 6.45) is 1.79. The molecule has 17 heavy (non-hydrogen) atoms. The van der Waals surface area contributed by atoms with Crippen molar-refractivity contribution >= 4 is 29.4 Å². The smallest absolute Gasteiger partial charge is 0.244 e. The van der Waals surface area contributed by atoms with Gasteiger partial charge in [0, 0.05) is 17.4 Å². The van der Waals surface area contributed by atoms with Gasteiger partial charge in [-0.2, -0.15) is 0 Å². The van der Waals surface area contributed by atoms with Gasteiger partial charge in [0.15, 0.2) is 11.7 Å². The van der Waals surface area contributed by atoms with Crippen molar-refractivity contribution in [3.63, 3.8) is 0 Å². The van der Waals surface area contributed by atoms with Crippen molar-refractivity contribution in [1.29, 1.82) is 0 Å². The topological polar surface area (TPSA) is 80.5 Å². The fourth-order valence-electron chi connectivity index (χ4n) is 2.19. The van der Waals surface area contributed by atoms with E-state index in [2.05, 4.69) is 0 Å². The highest BCUT2D eigenvalue weighted by molar-refractivity contribution is 8.00. The highest BCUT2D eigenvalue weighted by Crippen LogP contribution is 2.38. The van der Waals surface area contributed by atoms with Crippen molar-refractivity contribution in [3.8, 4) is 0 Å². The summed E-state index contributed by atoms with van der Waals surface area (Å²) in [5.41, 5.74) is 5.70. The lowest BCUT2D eigenvalue weighted by molar-refractivity contribution is -0.149. The Balaban J connectivity index is 2.44. The summed E-state index contributed by atoms with van der Waals surface area (Å²) in [6.45, 7) is 3.73. The van der Waals surface area contributed by atoms with Gasteiger partial charge in [-0.3, -0.25) is 14.4 Å². The van der Waals surface area contributed by atoms with Gasteiger partial charge in [0.2, 0.25) is 11.8 Å². The Hall–Kier alpha value is -1.30. The number of likely N-dealkylation sites (tertiary alicyclic amines) is 1. The lowest BCUT2D eigenvalue weighted by Gasteiger charge is -2.39. The Morgan fingerprint density at radius 1 is 1.53 bits per heavy atom. The molecule has 1 fully saturated rings. The molecule has 5 nitrogen and oxygen atoms in total. The molecular weight excluding hydrogens is 240 g/mol. The maximum Gasteiger partial charge on any atom is 0.244 e. The average molecular weight is 254 g/mol. The van der Waals surface area contributed by atoms with Crippen LogP contribution in [0.15, 0.2) is 11.6 Å². The van der Waals surface area contributed by atoms with Crippen LogP contribution >= 0.6 is 11.8 Å². The van der Waals surface area contributed by atoms with E-state index in [1.54, 1.807) is 11.0 Å². The number of amides is 2. The Kier molecular flexibility index (Phi) is 2.99. The molecule has 0 bridgehead atoms. The third kappa shape index (κ3) is 1.76. The van der Waals surface area contributed by atoms with Crippen LogP contribution in [-0.4, -0.2) is 39.7 Å². The van der Waals surface area contributed by atoms with E-state index < -0.39 is 23.5 Å². The maximum absolute atomic E-state index is 12.1. The molecule has 0 aromatic carbocycles. The third-order valence-electron chi connectivity index (χ3n) is 2.97. The van der Waals surface area contributed by atoms with E-state index in [0.717, 1.165) is 0 Å². The first-order valence-corrected chi connectivity index (χ1v) is 6.47. The Morgan fingerprint density at radius 2 is 2.18 bits per heavy atom. The number of nitrogens with zero attached hydrogens (tertiary/aromatic N) is 1. The largest absolute Gasteiger partial charge is 0.369 e. The number of thioether (sulfide) groups is 1. The van der Waals surface area contributed by atoms with E-state index in [1.165, 1.54) is 11.8 Å². The number of ketones is 1. The summed E-state index contributed by atoms with van der Waals surface area (Å²) >= 11 is 1.52. The Morgan fingerprint density at radius 3 is 2.71 bits per heavy atom. The van der Waals surface area contributed by atoms with Crippen LogP contribution in [0, 0.1) is 5.92 Å². The first-order valence-electron chi connectivity index (χ1n) is 5.42. The van der Waals surface area contributed by atoms with Crippen molar-refractivity contribution in [1.82, 2.24) is 4.90 Å². The van der Waals surface area contributed by atoms with Crippen molar-refractivity contribution < 1.29 is 14.4 Å². The van der Waals surface area contributed by atoms with Crippen molar-refractivity contribution in [2.45, 2.75) is 25.3 Å². The van der Waals surface area contributed by atoms with Crippen LogP contribution in [0.4, 0.5) is 0 Å². The number of carbonyl (C=O) groups excluding carboxylic acids is 3. The Labute approximate surface area is 103 Å². The third-order valence-corrected chi connectivity index (χ3v) is 4.12. The van der Waals surface area contributed by atoms with Crippen LogP contribution in [0.1, 0.15) is 13.8 Å². The zero-order valence-electron chi connectivity index (χ0n) is 9.67. The molecule has 0 saturated carbocycles. The van der Waals surface area contributed by atoms with Gasteiger partial charge in [0.25, 0.3) is 0 Å². The number of hydrogen-bond donors (Lipinski definition) is 1. The van der Waals surface area contributed by atoms with E-state index in [9.17, 15) is 14.4 Å². The standard InChI is InChI=1S/C11H14N2O3S/c1-5(2)13-10(16)7(9(12)15)8(14)6-3-4-17-11(6)13/h3,5,7,11H,4H2,1-2H3,(H2,12,15). The summed E-state index contributed by atoms with van der Waals surface area (Å²) in [7, 11) is 0. The predicted octanol–water partition coefficient (Wildman–Crippen LogP) is -0.0931. The van der Waals surface area contributed by atoms with Crippen molar-refractivity contribution in [2.24, 2.45) is 11.7 Å². The summed E-state index contributed by atoms with van der Waals surface area (Å²) in [5, 5.41) is -0.245. The van der Waals surface area contributed by atoms with Gasteiger partial charge in [-0.25, -0.2) is 0 Å². The number of hydrogen-bond acceptors (Lipinski definition) is 4. The zero-order valence-corrected chi connectivity index (χ0v) is 10.5. The molecule has 2 atom stereocenters. The first kappa shape index (κ1) is 12.2. The minimum Gasteiger partial charge on any atom is -0.369 e. The van der Waals surface area contributed by atoms with Gasteiger partial charge in [-0.05, 0) is 13.8 Å². The molecule has 2 unspecified atom stereocenters. The van der Waals surface area contributed by atoms with Crippen LogP contribution < -0.4 is 5.73 Å². The van der Waals surface area contributed by atoms with Gasteiger partial charge < -0.3 is 10.6 Å². The zero-order chi connectivity index (χ0) is 12.7. The second-order valence-corrected chi connectivity index (χ2v) is 5.50. The molecule has 2 N–H and O–H groups in total. The van der Waals surface area contributed by atoms with E-state index in [1.807, 2.05) is 13.8 Å². The molecule has 2 aliphatic rings. The summed E-state index contributed by atoms with van der Waals surface area (Å²) in [4.78, 5) is 37.0. The molecule has 0 aromatic heterocycles. The highest BCUT2D eigenvalue weighted by atomic mass is 32.2. The number of piperidine rings is 1. The van der Waals surface area contributed by atoms with Gasteiger partial charge in [0.1, 0.15) is 5.37 Å². The lowest BCUT2D eigenvalue weighted by atomic mass is 9.89. The van der Waals surface area contributed by atoms with Gasteiger partial charge in [-0.15, -0.1) is 11.8 Å². The fourth-order valence-corrected chi connectivity index (χ4v) is 3.55. The van der Waals surface area contributed by atoms with Gasteiger partial charge in [0.05, 0.1) is 0 Å². The second-order valence-electron chi connectivity index (χ2n) is 4.38. The van der Waals surface area contributed by atoms with Crippen LogP contribution in [-0.2, 0) is 14.4 Å². The van der Waals surface area contributed by atoms with E-state index >= 15 is 0 Å². The van der Waals surface area contributed by atoms with Crippen LogP contribution in [0.5, 0.6) is 0 Å². The quantitative estimate of drug-likeness (QED) is 0.698. The molecule has 0 radical (unpaired) electrons. The predicted molar refractivity (Wildman–Crippen MR) is 64.0 cm³/mol. The number of rotatable bonds is 2. The van der Waals surface area contributed by atoms with Crippen molar-refractivity contribution in [3.05, 3.63) is 11.6 Å². The second kappa shape index (κ2) is 4.18. The molecule has 92 valence electrons. The number of primary amides is 1. The maximum atomic E-state index is 12.1. The fraction of sp³-hybridized carbons (Fsp3) is 0.545. The highest BCUT2D eigenvalue weighted by Gasteiger charge is 2.49. The minimum absolute atomic E-state index is 0.0588. The van der Waals surface area contributed by atoms with Gasteiger partial charge in [-0.1, -0.05) is 6.08 Å². The number of carbonyl (C=O) groups is 3. The first-order chi connectivity index (χ1) is 7.95. The molecule has 2 aliphatic heterocycles. The van der Waals surface area contributed by atoms with E-state index in [0.29, 0.717) is 11.3 Å². The van der Waals surface area contributed by atoms with E-state index in [4.69, 9.17) is 5.73 Å². The molecule has 1 saturated heterocycles. The number of nitrogens with two attached hydrogens (primary N) is 1. The van der Waals surface area contributed by atoms with Crippen LogP contribution in [0.3, 0.4) is 0 Å². The minimum atomic E-state index is -1.33. The lowest BCUT2D eigenvalue weighted by Crippen LogP contribution is -2.57. The van der Waals surface area contributed by atoms with Crippen LogP contribution in [0.25, 0.3) is 0 Å². The molecule has 0 spiro atoms. The molecule has 2 rings (SSSR count). The van der Waals surface area contributed by atoms with Gasteiger partial charge >= 0.3 is 0 Å². The SMILES string of the molecule is CC(C)N1C(=O)C(C(N)=O)C(=O)C2=CCSC21. The average Bonchev–Trinajstić information content (AvgIpc) is 2.65. The van der Waals surface area contributed by atoms with E-state index in [-0.39, 0.29) is 11.4 Å². The molecule has 2 heterocycles. The Bertz CT molecular complexity index is 430. The molecule has 6 heteroatoms. The molecule has 2 amide bonds. The van der Waals surface area contributed by atoms with Crippen molar-refractivity contribution in [2.75, 3.05) is 5.75 Å². The molecule has 0 aliphatic carbocycles.